The van der Waals surface area contributed by atoms with Gasteiger partial charge in [0, 0.05) is 6.20 Å². The summed E-state index contributed by atoms with van der Waals surface area (Å²) in [5, 5.41) is 8.84. The number of sulfonamides is 1. The van der Waals surface area contributed by atoms with Crippen LogP contribution in [0.25, 0.3) is 0 Å². The monoisotopic (exact) mass is 307 g/mol. The first-order valence-electron chi connectivity index (χ1n) is 5.61. The van der Waals surface area contributed by atoms with Crippen molar-refractivity contribution in [2.75, 3.05) is 4.72 Å². The Bertz CT molecular complexity index is 752. The molecule has 0 amide bonds. The van der Waals surface area contributed by atoms with Crippen molar-refractivity contribution in [1.82, 2.24) is 4.98 Å². The fraction of sp³-hybridized carbons (Fsp3) is 0.0769. The van der Waals surface area contributed by atoms with Gasteiger partial charge < -0.3 is 0 Å². The number of nitrogens with zero attached hydrogens (tertiary/aromatic N) is 2. The zero-order valence-electron chi connectivity index (χ0n) is 10.2. The molecule has 1 N–H and O–H groups in total. The number of halogens is 1. The van der Waals surface area contributed by atoms with Gasteiger partial charge in [-0.05, 0) is 23.8 Å². The van der Waals surface area contributed by atoms with Crippen molar-refractivity contribution in [3.05, 3.63) is 53.3 Å². The van der Waals surface area contributed by atoms with Gasteiger partial charge in [-0.3, -0.25) is 9.71 Å². The van der Waals surface area contributed by atoms with Crippen LogP contribution < -0.4 is 4.72 Å². The zero-order valence-corrected chi connectivity index (χ0v) is 11.8. The molecule has 5 nitrogen and oxygen atoms in total. The molecule has 1 heterocycles. The third kappa shape index (κ3) is 3.26. The standard InChI is InChI=1S/C13H10ClN3O2S/c14-12-6-8-16-9-13(12)17-20(18,19)11-3-1-10(2-4-11)5-7-15/h1-4,6,8-9,17H,5H2. The number of benzene rings is 1. The Morgan fingerprint density at radius 2 is 1.95 bits per heavy atom. The highest BCUT2D eigenvalue weighted by Crippen LogP contribution is 2.23. The lowest BCUT2D eigenvalue weighted by Crippen LogP contribution is -2.13. The molecule has 20 heavy (non-hydrogen) atoms. The van der Waals surface area contributed by atoms with Gasteiger partial charge in [0.25, 0.3) is 10.0 Å². The second-order valence-electron chi connectivity index (χ2n) is 3.94. The molecule has 0 bridgehead atoms. The zero-order chi connectivity index (χ0) is 14.6. The van der Waals surface area contributed by atoms with Gasteiger partial charge in [0.05, 0.1) is 34.3 Å². The Balaban J connectivity index is 2.27. The van der Waals surface area contributed by atoms with E-state index in [1.54, 1.807) is 12.1 Å². The number of hydrogen-bond donors (Lipinski definition) is 1. The second kappa shape index (κ2) is 5.90. The fourth-order valence-electron chi connectivity index (χ4n) is 1.53. The maximum atomic E-state index is 12.2. The third-order valence-electron chi connectivity index (χ3n) is 2.53. The van der Waals surface area contributed by atoms with Crippen molar-refractivity contribution in [1.29, 1.82) is 5.26 Å². The summed E-state index contributed by atoms with van der Waals surface area (Å²) in [5.74, 6) is 0. The Labute approximate surface area is 121 Å². The van der Waals surface area contributed by atoms with Crippen LogP contribution in [0.2, 0.25) is 5.02 Å². The predicted molar refractivity (Wildman–Crippen MR) is 75.8 cm³/mol. The molecule has 0 saturated carbocycles. The number of aromatic nitrogens is 1. The smallest absolute Gasteiger partial charge is 0.261 e. The summed E-state index contributed by atoms with van der Waals surface area (Å²) in [7, 11) is -3.72. The number of hydrogen-bond acceptors (Lipinski definition) is 4. The molecule has 0 unspecified atom stereocenters. The minimum atomic E-state index is -3.72. The van der Waals surface area contributed by atoms with Crippen molar-refractivity contribution in [3.63, 3.8) is 0 Å². The van der Waals surface area contributed by atoms with E-state index in [0.717, 1.165) is 5.56 Å². The molecule has 0 aliphatic heterocycles. The molecule has 2 aromatic rings. The summed E-state index contributed by atoms with van der Waals surface area (Å²) in [6, 6.07) is 9.58. The minimum Gasteiger partial charge on any atom is -0.277 e. The number of pyridine rings is 1. The van der Waals surface area contributed by atoms with Crippen LogP contribution in [-0.2, 0) is 16.4 Å². The predicted octanol–water partition coefficient (Wildman–Crippen LogP) is 2.60. The van der Waals surface area contributed by atoms with Crippen molar-refractivity contribution in [2.45, 2.75) is 11.3 Å². The largest absolute Gasteiger partial charge is 0.277 e. The number of nitriles is 1. The highest BCUT2D eigenvalue weighted by Gasteiger charge is 2.15. The molecule has 2 rings (SSSR count). The van der Waals surface area contributed by atoms with Crippen LogP contribution in [0.3, 0.4) is 0 Å². The van der Waals surface area contributed by atoms with Crippen LogP contribution in [0.5, 0.6) is 0 Å². The SMILES string of the molecule is N#CCc1ccc(S(=O)(=O)Nc2cnccc2Cl)cc1. The Morgan fingerprint density at radius 1 is 1.25 bits per heavy atom. The number of nitrogens with one attached hydrogen (secondary N) is 1. The molecule has 0 saturated heterocycles. The van der Waals surface area contributed by atoms with Gasteiger partial charge in [-0.25, -0.2) is 8.42 Å². The lowest BCUT2D eigenvalue weighted by Gasteiger charge is -2.09. The topological polar surface area (TPSA) is 82.8 Å². The Morgan fingerprint density at radius 3 is 2.55 bits per heavy atom. The Kier molecular flexibility index (Phi) is 4.23. The first kappa shape index (κ1) is 14.3. The van der Waals surface area contributed by atoms with Crippen LogP contribution in [0.15, 0.2) is 47.6 Å². The van der Waals surface area contributed by atoms with Crippen molar-refractivity contribution in [2.24, 2.45) is 0 Å². The number of rotatable bonds is 4. The van der Waals surface area contributed by atoms with E-state index >= 15 is 0 Å². The number of anilines is 1. The summed E-state index contributed by atoms with van der Waals surface area (Å²) < 4.78 is 26.7. The van der Waals surface area contributed by atoms with Gasteiger partial charge in [-0.1, -0.05) is 23.7 Å². The molecule has 7 heteroatoms. The van der Waals surface area contributed by atoms with E-state index in [1.165, 1.54) is 30.6 Å². The van der Waals surface area contributed by atoms with E-state index in [2.05, 4.69) is 9.71 Å². The van der Waals surface area contributed by atoms with E-state index in [0.29, 0.717) is 0 Å². The molecular weight excluding hydrogens is 298 g/mol. The van der Waals surface area contributed by atoms with Crippen LogP contribution in [-0.4, -0.2) is 13.4 Å². The molecule has 0 radical (unpaired) electrons. The van der Waals surface area contributed by atoms with Crippen molar-refractivity contribution < 1.29 is 8.42 Å². The fourth-order valence-corrected chi connectivity index (χ4v) is 2.81. The molecule has 0 aliphatic carbocycles. The van der Waals surface area contributed by atoms with Gasteiger partial charge in [0.15, 0.2) is 0 Å². The lowest BCUT2D eigenvalue weighted by atomic mass is 10.2. The summed E-state index contributed by atoms with van der Waals surface area (Å²) >= 11 is 5.88. The van der Waals surface area contributed by atoms with E-state index in [1.807, 2.05) is 6.07 Å². The summed E-state index contributed by atoms with van der Waals surface area (Å²) in [5.41, 5.74) is 0.973. The summed E-state index contributed by atoms with van der Waals surface area (Å²) in [6.45, 7) is 0. The average molecular weight is 308 g/mol. The van der Waals surface area contributed by atoms with Crippen LogP contribution in [0.4, 0.5) is 5.69 Å². The summed E-state index contributed by atoms with van der Waals surface area (Å²) in [6.07, 6.45) is 3.04. The van der Waals surface area contributed by atoms with Crippen molar-refractivity contribution >= 4 is 27.3 Å². The Hall–Kier alpha value is -2.10. The normalized spacial score (nSPS) is 10.8. The van der Waals surface area contributed by atoms with Gasteiger partial charge in [0.1, 0.15) is 0 Å². The maximum Gasteiger partial charge on any atom is 0.261 e. The van der Waals surface area contributed by atoms with E-state index in [-0.39, 0.29) is 22.0 Å². The van der Waals surface area contributed by atoms with Crippen LogP contribution in [0.1, 0.15) is 5.56 Å². The molecule has 0 aliphatic rings. The molecule has 0 fully saturated rings. The lowest BCUT2D eigenvalue weighted by molar-refractivity contribution is 0.601. The van der Waals surface area contributed by atoms with Gasteiger partial charge in [0.2, 0.25) is 0 Å². The van der Waals surface area contributed by atoms with Gasteiger partial charge in [-0.15, -0.1) is 0 Å². The molecular formula is C13H10ClN3O2S. The first-order valence-corrected chi connectivity index (χ1v) is 7.47. The molecule has 0 spiro atoms. The van der Waals surface area contributed by atoms with E-state index in [9.17, 15) is 8.42 Å². The molecule has 1 aromatic heterocycles. The average Bonchev–Trinajstić information content (AvgIpc) is 2.42. The van der Waals surface area contributed by atoms with Crippen LogP contribution in [0, 0.1) is 11.3 Å². The summed E-state index contributed by atoms with van der Waals surface area (Å²) in [4.78, 5) is 3.91. The van der Waals surface area contributed by atoms with Crippen molar-refractivity contribution in [3.8, 4) is 6.07 Å². The first-order chi connectivity index (χ1) is 9.53. The minimum absolute atomic E-state index is 0.0964. The highest BCUT2D eigenvalue weighted by molar-refractivity contribution is 7.92. The molecule has 1 aromatic carbocycles. The highest BCUT2D eigenvalue weighted by atomic mass is 35.5. The van der Waals surface area contributed by atoms with E-state index in [4.69, 9.17) is 16.9 Å². The van der Waals surface area contributed by atoms with Crippen LogP contribution >= 0.6 is 11.6 Å². The van der Waals surface area contributed by atoms with Gasteiger partial charge >= 0.3 is 0 Å². The van der Waals surface area contributed by atoms with Gasteiger partial charge in [-0.2, -0.15) is 5.26 Å². The van der Waals surface area contributed by atoms with E-state index < -0.39 is 10.0 Å². The molecule has 102 valence electrons. The third-order valence-corrected chi connectivity index (χ3v) is 4.24. The maximum absolute atomic E-state index is 12.2. The quantitative estimate of drug-likeness (QED) is 0.941. The molecule has 0 atom stereocenters. The second-order valence-corrected chi connectivity index (χ2v) is 6.03.